The molecule has 184 valence electrons. The molecule has 0 N–H and O–H groups in total. The molecule has 2 fully saturated rings. The Kier molecular flexibility index (Phi) is 9.38. The number of thioether (sulfide) groups is 1. The lowest BCUT2D eigenvalue weighted by atomic mass is 9.98. The Morgan fingerprint density at radius 1 is 1.21 bits per heavy atom. The standard InChI is InChI=1S/C26H36N4O2S2/c1-5-6-7-8-9-10-14-30-25(32)22(34-26(30)33)15-20-19(3)21(16-27)24(31)28(4)23(20)29-13-11-12-18(2)17-29/h15,18H,5-14,17H2,1-4H3/b22-15+. The van der Waals surface area contributed by atoms with E-state index in [4.69, 9.17) is 12.2 Å². The Balaban J connectivity index is 1.91. The van der Waals surface area contributed by atoms with Crippen molar-refractivity contribution in [3.63, 3.8) is 0 Å². The van der Waals surface area contributed by atoms with Crippen molar-refractivity contribution in [2.75, 3.05) is 24.5 Å². The second-order valence-electron chi connectivity index (χ2n) is 9.51. The lowest BCUT2D eigenvalue weighted by molar-refractivity contribution is -0.122. The van der Waals surface area contributed by atoms with Gasteiger partial charge < -0.3 is 4.90 Å². The van der Waals surface area contributed by atoms with E-state index in [0.717, 1.165) is 50.2 Å². The van der Waals surface area contributed by atoms with E-state index in [2.05, 4.69) is 24.8 Å². The summed E-state index contributed by atoms with van der Waals surface area (Å²) in [5.74, 6) is 1.23. The van der Waals surface area contributed by atoms with Crippen LogP contribution in [0.15, 0.2) is 9.70 Å². The van der Waals surface area contributed by atoms with Crippen molar-refractivity contribution in [3.05, 3.63) is 31.9 Å². The van der Waals surface area contributed by atoms with Crippen molar-refractivity contribution in [2.45, 2.75) is 72.1 Å². The van der Waals surface area contributed by atoms with Gasteiger partial charge in [-0.1, -0.05) is 69.9 Å². The molecule has 2 saturated heterocycles. The topological polar surface area (TPSA) is 69.3 Å². The van der Waals surface area contributed by atoms with Crippen molar-refractivity contribution in [1.29, 1.82) is 5.26 Å². The predicted molar refractivity (Wildman–Crippen MR) is 145 cm³/mol. The summed E-state index contributed by atoms with van der Waals surface area (Å²) in [7, 11) is 1.72. The molecule has 2 aliphatic heterocycles. The highest BCUT2D eigenvalue weighted by Gasteiger charge is 2.33. The van der Waals surface area contributed by atoms with E-state index in [1.54, 1.807) is 23.4 Å². The highest BCUT2D eigenvalue weighted by Crippen LogP contribution is 2.36. The van der Waals surface area contributed by atoms with Crippen LogP contribution in [0.5, 0.6) is 0 Å². The number of rotatable bonds is 9. The minimum atomic E-state index is -0.291. The minimum absolute atomic E-state index is 0.0757. The summed E-state index contributed by atoms with van der Waals surface area (Å²) in [6, 6.07) is 2.08. The summed E-state index contributed by atoms with van der Waals surface area (Å²) in [5, 5.41) is 9.66. The lowest BCUT2D eigenvalue weighted by Gasteiger charge is -2.35. The van der Waals surface area contributed by atoms with Crippen molar-refractivity contribution in [3.8, 4) is 6.07 Å². The number of piperidine rings is 1. The first-order valence-electron chi connectivity index (χ1n) is 12.4. The summed E-state index contributed by atoms with van der Waals surface area (Å²) in [4.78, 5) is 30.7. The average Bonchev–Trinajstić information content (AvgIpc) is 3.07. The Bertz CT molecular complexity index is 1070. The SMILES string of the molecule is CCCCCCCCN1C(=O)/C(=C\c2c(C)c(C#N)c(=O)n(C)c2N2CCCC(C)C2)SC1=S. The Labute approximate surface area is 213 Å². The Morgan fingerprint density at radius 2 is 1.91 bits per heavy atom. The van der Waals surface area contributed by atoms with Gasteiger partial charge in [0.25, 0.3) is 11.5 Å². The molecule has 6 nitrogen and oxygen atoms in total. The molecule has 0 saturated carbocycles. The quantitative estimate of drug-likeness (QED) is 0.258. The summed E-state index contributed by atoms with van der Waals surface area (Å²) in [6.45, 7) is 8.56. The fourth-order valence-corrected chi connectivity index (χ4v) is 6.14. The number of hydrogen-bond acceptors (Lipinski definition) is 6. The molecule has 0 aliphatic carbocycles. The van der Waals surface area contributed by atoms with E-state index < -0.39 is 0 Å². The van der Waals surface area contributed by atoms with Crippen LogP contribution >= 0.6 is 24.0 Å². The van der Waals surface area contributed by atoms with Gasteiger partial charge >= 0.3 is 0 Å². The first-order chi connectivity index (χ1) is 16.3. The summed E-state index contributed by atoms with van der Waals surface area (Å²) < 4.78 is 2.16. The maximum Gasteiger partial charge on any atom is 0.270 e. The van der Waals surface area contributed by atoms with Crippen LogP contribution in [0.25, 0.3) is 6.08 Å². The van der Waals surface area contributed by atoms with Crippen molar-refractivity contribution >= 4 is 46.1 Å². The zero-order chi connectivity index (χ0) is 24.8. The number of thiocarbonyl (C=S) groups is 1. The van der Waals surface area contributed by atoms with Crippen LogP contribution in [-0.4, -0.2) is 39.3 Å². The van der Waals surface area contributed by atoms with Crippen LogP contribution in [0.4, 0.5) is 5.82 Å². The van der Waals surface area contributed by atoms with Gasteiger partial charge in [0.05, 0.1) is 4.91 Å². The number of carbonyl (C=O) groups excluding carboxylic acids is 1. The number of pyridine rings is 1. The third-order valence-electron chi connectivity index (χ3n) is 6.81. The largest absolute Gasteiger partial charge is 0.357 e. The lowest BCUT2D eigenvalue weighted by Crippen LogP contribution is -2.39. The molecule has 1 aromatic rings. The average molecular weight is 501 g/mol. The highest BCUT2D eigenvalue weighted by atomic mass is 32.2. The molecule has 2 aliphatic rings. The number of amides is 1. The summed E-state index contributed by atoms with van der Waals surface area (Å²) in [5.41, 5.74) is 1.24. The van der Waals surface area contributed by atoms with E-state index in [0.29, 0.717) is 27.3 Å². The van der Waals surface area contributed by atoms with Gasteiger partial charge in [-0.05, 0) is 43.7 Å². The van der Waals surface area contributed by atoms with Gasteiger partial charge in [-0.15, -0.1) is 0 Å². The molecule has 1 aromatic heterocycles. The summed E-state index contributed by atoms with van der Waals surface area (Å²) >= 11 is 6.86. The van der Waals surface area contributed by atoms with Crippen molar-refractivity contribution < 1.29 is 4.79 Å². The molecule has 0 radical (unpaired) electrons. The van der Waals surface area contributed by atoms with Gasteiger partial charge in [-0.3, -0.25) is 19.1 Å². The van der Waals surface area contributed by atoms with Crippen LogP contribution in [0.2, 0.25) is 0 Å². The molecule has 1 amide bonds. The normalized spacial score (nSPS) is 19.9. The van der Waals surface area contributed by atoms with Crippen LogP contribution in [0, 0.1) is 24.2 Å². The molecule has 1 atom stereocenters. The maximum absolute atomic E-state index is 13.2. The van der Waals surface area contributed by atoms with Crippen LogP contribution in [0.1, 0.15) is 81.9 Å². The van der Waals surface area contributed by atoms with E-state index in [9.17, 15) is 14.9 Å². The molecule has 3 rings (SSSR count). The third-order valence-corrected chi connectivity index (χ3v) is 8.19. The molecule has 0 aromatic carbocycles. The molecular formula is C26H36N4O2S2. The van der Waals surface area contributed by atoms with Crippen LogP contribution < -0.4 is 10.5 Å². The van der Waals surface area contributed by atoms with Crippen molar-refractivity contribution in [2.24, 2.45) is 13.0 Å². The zero-order valence-corrected chi connectivity index (χ0v) is 22.5. The van der Waals surface area contributed by atoms with Crippen molar-refractivity contribution in [1.82, 2.24) is 9.47 Å². The number of hydrogen-bond donors (Lipinski definition) is 0. The molecule has 1 unspecified atom stereocenters. The Morgan fingerprint density at radius 3 is 2.59 bits per heavy atom. The maximum atomic E-state index is 13.2. The number of nitriles is 1. The van der Waals surface area contributed by atoms with Gasteiger partial charge in [-0.25, -0.2) is 0 Å². The highest BCUT2D eigenvalue weighted by molar-refractivity contribution is 8.26. The fourth-order valence-electron chi connectivity index (χ4n) is 4.85. The van der Waals surface area contributed by atoms with E-state index in [1.807, 2.05) is 6.08 Å². The molecule has 8 heteroatoms. The molecular weight excluding hydrogens is 464 g/mol. The Hall–Kier alpha value is -2.11. The number of anilines is 1. The van der Waals surface area contributed by atoms with Gasteiger partial charge in [0.15, 0.2) is 0 Å². The zero-order valence-electron chi connectivity index (χ0n) is 20.9. The summed E-state index contributed by atoms with van der Waals surface area (Å²) in [6.07, 6.45) is 11.0. The van der Waals surface area contributed by atoms with Crippen LogP contribution in [-0.2, 0) is 11.8 Å². The number of carbonyl (C=O) groups is 1. The van der Waals surface area contributed by atoms with E-state index in [-0.39, 0.29) is 17.0 Å². The first-order valence-corrected chi connectivity index (χ1v) is 13.7. The second kappa shape index (κ2) is 12.0. The molecule has 0 spiro atoms. The minimum Gasteiger partial charge on any atom is -0.357 e. The van der Waals surface area contributed by atoms with Gasteiger partial charge in [0.2, 0.25) is 0 Å². The van der Waals surface area contributed by atoms with E-state index in [1.165, 1.54) is 37.4 Å². The fraction of sp³-hybridized carbons (Fsp3) is 0.615. The van der Waals surface area contributed by atoms with Gasteiger partial charge in [0, 0.05) is 32.2 Å². The predicted octanol–water partition coefficient (Wildman–Crippen LogP) is 5.36. The number of nitrogens with zero attached hydrogens (tertiary/aromatic N) is 4. The second-order valence-corrected chi connectivity index (χ2v) is 11.2. The molecule has 0 bridgehead atoms. The number of aromatic nitrogens is 1. The number of unbranched alkanes of at least 4 members (excludes halogenated alkanes) is 5. The molecule has 34 heavy (non-hydrogen) atoms. The van der Waals surface area contributed by atoms with Crippen LogP contribution in [0.3, 0.4) is 0 Å². The third kappa shape index (κ3) is 5.75. The smallest absolute Gasteiger partial charge is 0.270 e. The van der Waals surface area contributed by atoms with Gasteiger partial charge in [0.1, 0.15) is 21.8 Å². The van der Waals surface area contributed by atoms with E-state index >= 15 is 0 Å². The molecule has 3 heterocycles. The van der Waals surface area contributed by atoms with Gasteiger partial charge in [-0.2, -0.15) is 5.26 Å². The monoisotopic (exact) mass is 500 g/mol. The first kappa shape index (κ1) is 26.5.